The van der Waals surface area contributed by atoms with Crippen molar-refractivity contribution in [2.45, 2.75) is 38.5 Å². The van der Waals surface area contributed by atoms with E-state index in [-0.39, 0.29) is 0 Å². The zero-order chi connectivity index (χ0) is 7.66. The molecule has 0 heterocycles. The zero-order valence-corrected chi connectivity index (χ0v) is 6.81. The number of hydrogen-bond acceptors (Lipinski definition) is 2. The van der Waals surface area contributed by atoms with Gasteiger partial charge in [0.2, 0.25) is 0 Å². The Kier molecular flexibility index (Phi) is 8.85. The minimum Gasteiger partial charge on any atom is -0.330 e. The summed E-state index contributed by atoms with van der Waals surface area (Å²) in [6.07, 6.45) is 7.61. The Morgan fingerprint density at radius 1 is 0.700 bits per heavy atom. The molecule has 4 N–H and O–H groups in total. The molecule has 0 aromatic rings. The molecule has 2 heteroatoms. The highest BCUT2D eigenvalue weighted by molar-refractivity contribution is 4.45. The summed E-state index contributed by atoms with van der Waals surface area (Å²) in [5, 5.41) is 0. The van der Waals surface area contributed by atoms with Crippen molar-refractivity contribution in [3.05, 3.63) is 0 Å². The molecule has 0 aliphatic heterocycles. The first-order chi connectivity index (χ1) is 4.91. The van der Waals surface area contributed by atoms with Crippen LogP contribution in [0.5, 0.6) is 0 Å². The van der Waals surface area contributed by atoms with Gasteiger partial charge >= 0.3 is 0 Å². The number of nitrogens with two attached hydrogens (primary N) is 2. The second kappa shape index (κ2) is 8.92. The van der Waals surface area contributed by atoms with Crippen LogP contribution in [0.1, 0.15) is 38.5 Å². The van der Waals surface area contributed by atoms with Gasteiger partial charge in [0, 0.05) is 0 Å². The van der Waals surface area contributed by atoms with Gasteiger partial charge in [0.1, 0.15) is 0 Å². The predicted molar refractivity (Wildman–Crippen MR) is 45.8 cm³/mol. The average Bonchev–Trinajstić information content (AvgIpc) is 1.97. The van der Waals surface area contributed by atoms with Gasteiger partial charge in [-0.3, -0.25) is 0 Å². The Labute approximate surface area is 64.0 Å². The van der Waals surface area contributed by atoms with Crippen LogP contribution >= 0.6 is 0 Å². The number of unbranched alkanes of at least 4 members (excludes halogenated alkanes) is 5. The molecule has 0 bridgehead atoms. The molecule has 0 saturated heterocycles. The maximum atomic E-state index is 5.35. The SMILES string of the molecule is N[14CH2]CCCCCC[14CH2]N. The first-order valence-electron chi connectivity index (χ1n) is 4.32. The van der Waals surface area contributed by atoms with Crippen LogP contribution in [0.3, 0.4) is 0 Å². The topological polar surface area (TPSA) is 52.0 Å². The Balaban J connectivity index is 2.65. The Bertz CT molecular complexity index is 47.2. The monoisotopic (exact) mass is 148 g/mol. The van der Waals surface area contributed by atoms with E-state index in [1.807, 2.05) is 0 Å². The molecule has 0 aromatic heterocycles. The summed E-state index contributed by atoms with van der Waals surface area (Å²) in [5.74, 6) is 0. The summed E-state index contributed by atoms with van der Waals surface area (Å²) >= 11 is 0. The van der Waals surface area contributed by atoms with Crippen LogP contribution in [0.4, 0.5) is 0 Å². The molecule has 62 valence electrons. The third-order valence-electron chi connectivity index (χ3n) is 1.66. The zero-order valence-electron chi connectivity index (χ0n) is 6.81. The first-order valence-corrected chi connectivity index (χ1v) is 4.32. The normalized spacial score (nSPS) is 10.2. The smallest absolute Gasteiger partial charge is 0.00773 e. The van der Waals surface area contributed by atoms with Crippen LogP contribution in [-0.2, 0) is 0 Å². The van der Waals surface area contributed by atoms with E-state index in [0.717, 1.165) is 13.1 Å². The van der Waals surface area contributed by atoms with Crippen molar-refractivity contribution in [1.29, 1.82) is 0 Å². The van der Waals surface area contributed by atoms with Crippen molar-refractivity contribution >= 4 is 0 Å². The lowest BCUT2D eigenvalue weighted by atomic mass is 10.2. The molecule has 0 unspecified atom stereocenters. The van der Waals surface area contributed by atoms with Gasteiger partial charge in [0.25, 0.3) is 0 Å². The summed E-state index contributed by atoms with van der Waals surface area (Å²) < 4.78 is 0. The van der Waals surface area contributed by atoms with Gasteiger partial charge in [0.05, 0.1) is 0 Å². The molecule has 0 aliphatic rings. The van der Waals surface area contributed by atoms with E-state index in [9.17, 15) is 0 Å². The van der Waals surface area contributed by atoms with E-state index in [0.29, 0.717) is 0 Å². The third kappa shape index (κ3) is 7.92. The minimum absolute atomic E-state index is 0.844. The lowest BCUT2D eigenvalue weighted by Crippen LogP contribution is -1.99. The summed E-state index contributed by atoms with van der Waals surface area (Å²) in [7, 11) is 0. The van der Waals surface area contributed by atoms with Crippen molar-refractivity contribution in [2.24, 2.45) is 11.5 Å². The predicted octanol–water partition coefficient (Wildman–Crippen LogP) is 1.24. The molecule has 0 rings (SSSR count). The summed E-state index contributed by atoms with van der Waals surface area (Å²) in [4.78, 5) is 0. The van der Waals surface area contributed by atoms with Gasteiger partial charge in [-0.2, -0.15) is 0 Å². The van der Waals surface area contributed by atoms with Crippen molar-refractivity contribution in [3.8, 4) is 0 Å². The minimum atomic E-state index is 0.844. The van der Waals surface area contributed by atoms with Gasteiger partial charge in [-0.1, -0.05) is 25.7 Å². The van der Waals surface area contributed by atoms with Crippen molar-refractivity contribution < 1.29 is 0 Å². The molecule has 10 heavy (non-hydrogen) atoms. The average molecular weight is 148 g/mol. The fourth-order valence-corrected chi connectivity index (χ4v) is 0.996. The highest BCUT2D eigenvalue weighted by Crippen LogP contribution is 2.03. The second-order valence-corrected chi connectivity index (χ2v) is 2.70. The molecule has 0 spiro atoms. The van der Waals surface area contributed by atoms with Gasteiger partial charge in [0.15, 0.2) is 0 Å². The number of rotatable bonds is 7. The van der Waals surface area contributed by atoms with E-state index < -0.39 is 0 Å². The second-order valence-electron chi connectivity index (χ2n) is 2.70. The summed E-state index contributed by atoms with van der Waals surface area (Å²) in [6.45, 7) is 1.69. The quantitative estimate of drug-likeness (QED) is 0.534. The van der Waals surface area contributed by atoms with Gasteiger partial charge in [-0.25, -0.2) is 0 Å². The Hall–Kier alpha value is -0.0800. The van der Waals surface area contributed by atoms with E-state index in [1.165, 1.54) is 38.5 Å². The Morgan fingerprint density at radius 2 is 1.10 bits per heavy atom. The highest BCUT2D eigenvalue weighted by Gasteiger charge is 1.87. The van der Waals surface area contributed by atoms with E-state index in [1.54, 1.807) is 0 Å². The first kappa shape index (κ1) is 9.92. The van der Waals surface area contributed by atoms with E-state index >= 15 is 0 Å². The van der Waals surface area contributed by atoms with Crippen LogP contribution in [0, 0.1) is 0 Å². The lowest BCUT2D eigenvalue weighted by Gasteiger charge is -1.97. The lowest BCUT2D eigenvalue weighted by molar-refractivity contribution is 0.601. The molecule has 0 aromatic carbocycles. The molecular formula is C8H20N2. The molecule has 0 saturated carbocycles. The van der Waals surface area contributed by atoms with E-state index in [4.69, 9.17) is 11.5 Å². The van der Waals surface area contributed by atoms with E-state index in [2.05, 4.69) is 0 Å². The largest absolute Gasteiger partial charge is 0.330 e. The molecule has 0 radical (unpaired) electrons. The van der Waals surface area contributed by atoms with Crippen LogP contribution in [0.15, 0.2) is 0 Å². The van der Waals surface area contributed by atoms with Crippen LogP contribution < -0.4 is 11.5 Å². The highest BCUT2D eigenvalue weighted by atomic mass is 15.2. The Morgan fingerprint density at radius 3 is 1.40 bits per heavy atom. The maximum Gasteiger partial charge on any atom is -0.00773 e. The molecule has 0 aliphatic carbocycles. The van der Waals surface area contributed by atoms with Crippen LogP contribution in [-0.4, -0.2) is 13.1 Å². The maximum absolute atomic E-state index is 5.35. The van der Waals surface area contributed by atoms with Gasteiger partial charge < -0.3 is 11.5 Å². The molecule has 2 nitrogen and oxygen atoms in total. The number of hydrogen-bond donors (Lipinski definition) is 2. The summed E-state index contributed by atoms with van der Waals surface area (Å²) in [6, 6.07) is 0. The van der Waals surface area contributed by atoms with Crippen molar-refractivity contribution in [2.75, 3.05) is 13.1 Å². The van der Waals surface area contributed by atoms with Crippen LogP contribution in [0.25, 0.3) is 0 Å². The fraction of sp³-hybridized carbons (Fsp3) is 1.00. The van der Waals surface area contributed by atoms with Crippen molar-refractivity contribution in [1.82, 2.24) is 0 Å². The van der Waals surface area contributed by atoms with Gasteiger partial charge in [-0.05, 0) is 25.9 Å². The molecular weight excluding hydrogens is 128 g/mol. The third-order valence-corrected chi connectivity index (χ3v) is 1.66. The van der Waals surface area contributed by atoms with Crippen LogP contribution in [0.2, 0.25) is 0 Å². The molecule has 0 atom stereocenters. The summed E-state index contributed by atoms with van der Waals surface area (Å²) in [5.41, 5.74) is 10.7. The standard InChI is InChI=1S/C8H20N2/c9-7-5-3-1-2-4-6-8-10/h1-10H2/i7+2,8+2. The van der Waals surface area contributed by atoms with Gasteiger partial charge in [-0.15, -0.1) is 0 Å². The fourth-order valence-electron chi connectivity index (χ4n) is 0.996. The molecule has 0 fully saturated rings. The van der Waals surface area contributed by atoms with Crippen molar-refractivity contribution in [3.63, 3.8) is 0 Å². The molecule has 0 amide bonds.